The van der Waals surface area contributed by atoms with Crippen molar-refractivity contribution in [2.75, 3.05) is 38.4 Å². The minimum absolute atomic E-state index is 0.0382. The standard InChI is InChI=1S/C31H33ClN2O6/c1-3-4-15-34(25-8-6-5-7-24(25)32)28(35)18-33-17-23(21-11-14-26-27(16-21)40-19-39-26)29(31(36)37)30(33)20-9-12-22(38-2)13-10-20/h5-14,16,23,29-30H,3-4,15,17-19H2,1-2H3,(H,36,37)/t23?,29-,30+/m0/s1. The average molecular weight is 565 g/mol. The number of unbranched alkanes of at least 4 members (excludes halogenated alkanes) is 1. The molecule has 3 aromatic carbocycles. The predicted octanol–water partition coefficient (Wildman–Crippen LogP) is 5.75. The topological polar surface area (TPSA) is 88.5 Å². The van der Waals surface area contributed by atoms with Crippen molar-refractivity contribution in [3.63, 3.8) is 0 Å². The van der Waals surface area contributed by atoms with E-state index in [1.807, 2.05) is 65.6 Å². The smallest absolute Gasteiger partial charge is 0.309 e. The molecule has 1 N–H and O–H groups in total. The van der Waals surface area contributed by atoms with Gasteiger partial charge in [-0.05, 0) is 53.9 Å². The summed E-state index contributed by atoms with van der Waals surface area (Å²) in [7, 11) is 1.59. The van der Waals surface area contributed by atoms with E-state index in [-0.39, 0.29) is 25.2 Å². The Morgan fingerprint density at radius 3 is 2.48 bits per heavy atom. The van der Waals surface area contributed by atoms with E-state index < -0.39 is 17.9 Å². The van der Waals surface area contributed by atoms with Gasteiger partial charge in [0.15, 0.2) is 11.5 Å². The lowest BCUT2D eigenvalue weighted by molar-refractivity contribution is -0.143. The largest absolute Gasteiger partial charge is 0.497 e. The molecule has 1 unspecified atom stereocenters. The first-order chi connectivity index (χ1) is 19.4. The number of halogens is 1. The van der Waals surface area contributed by atoms with E-state index in [2.05, 4.69) is 6.92 Å². The number of carbonyl (C=O) groups is 2. The van der Waals surface area contributed by atoms with Crippen molar-refractivity contribution in [2.24, 2.45) is 5.92 Å². The molecule has 0 bridgehead atoms. The zero-order chi connectivity index (χ0) is 28.2. The van der Waals surface area contributed by atoms with Crippen LogP contribution in [0.4, 0.5) is 5.69 Å². The molecule has 0 aliphatic carbocycles. The maximum absolute atomic E-state index is 13.9. The first-order valence-electron chi connectivity index (χ1n) is 13.5. The van der Waals surface area contributed by atoms with Gasteiger partial charge in [-0.25, -0.2) is 0 Å². The molecule has 2 aliphatic rings. The van der Waals surface area contributed by atoms with Gasteiger partial charge < -0.3 is 24.2 Å². The maximum Gasteiger partial charge on any atom is 0.309 e. The third-order valence-corrected chi connectivity index (χ3v) is 8.00. The molecule has 0 saturated carbocycles. The highest BCUT2D eigenvalue weighted by atomic mass is 35.5. The van der Waals surface area contributed by atoms with Crippen LogP contribution in [0.5, 0.6) is 17.2 Å². The minimum Gasteiger partial charge on any atom is -0.497 e. The molecule has 0 radical (unpaired) electrons. The van der Waals surface area contributed by atoms with Crippen molar-refractivity contribution < 1.29 is 28.9 Å². The summed E-state index contributed by atoms with van der Waals surface area (Å²) in [6.45, 7) is 3.15. The molecule has 3 aromatic rings. The fourth-order valence-corrected chi connectivity index (χ4v) is 5.94. The monoisotopic (exact) mass is 564 g/mol. The Hall–Kier alpha value is -3.75. The molecule has 1 fully saturated rings. The van der Waals surface area contributed by atoms with Crippen LogP contribution < -0.4 is 19.1 Å². The van der Waals surface area contributed by atoms with Crippen molar-refractivity contribution in [2.45, 2.75) is 31.7 Å². The quantitative estimate of drug-likeness (QED) is 0.335. The number of carboxylic acids is 1. The number of benzene rings is 3. The van der Waals surface area contributed by atoms with Gasteiger partial charge in [0, 0.05) is 25.0 Å². The molecule has 210 valence electrons. The van der Waals surface area contributed by atoms with Crippen LogP contribution in [0.3, 0.4) is 0 Å². The highest BCUT2D eigenvalue weighted by Crippen LogP contribution is 2.48. The number of methoxy groups -OCH3 is 1. The number of nitrogens with zero attached hydrogens (tertiary/aromatic N) is 2. The third-order valence-electron chi connectivity index (χ3n) is 7.68. The molecule has 40 heavy (non-hydrogen) atoms. The van der Waals surface area contributed by atoms with E-state index >= 15 is 0 Å². The Morgan fingerprint density at radius 1 is 1.05 bits per heavy atom. The molecular weight excluding hydrogens is 532 g/mol. The SMILES string of the molecule is CCCCN(C(=O)CN1CC(c2ccc3c(c2)OCO3)[C@H](C(=O)O)[C@H]1c1ccc(OC)cc1)c1ccccc1Cl. The van der Waals surface area contributed by atoms with Crippen LogP contribution in [0.15, 0.2) is 66.7 Å². The van der Waals surface area contributed by atoms with Crippen LogP contribution >= 0.6 is 11.6 Å². The zero-order valence-electron chi connectivity index (χ0n) is 22.6. The second-order valence-corrected chi connectivity index (χ2v) is 10.5. The number of amides is 1. The van der Waals surface area contributed by atoms with Gasteiger partial charge in [-0.15, -0.1) is 0 Å². The first kappa shape index (κ1) is 27.8. The molecule has 2 aliphatic heterocycles. The zero-order valence-corrected chi connectivity index (χ0v) is 23.3. The van der Waals surface area contributed by atoms with Crippen molar-refractivity contribution in [3.05, 3.63) is 82.9 Å². The summed E-state index contributed by atoms with van der Waals surface area (Å²) in [6.07, 6.45) is 1.73. The summed E-state index contributed by atoms with van der Waals surface area (Å²) < 4.78 is 16.4. The molecule has 0 aromatic heterocycles. The van der Waals surface area contributed by atoms with Crippen molar-refractivity contribution in [1.82, 2.24) is 4.90 Å². The van der Waals surface area contributed by atoms with Gasteiger partial charge >= 0.3 is 5.97 Å². The summed E-state index contributed by atoms with van der Waals surface area (Å²) in [4.78, 5) is 30.5. The highest BCUT2D eigenvalue weighted by molar-refractivity contribution is 6.33. The van der Waals surface area contributed by atoms with Gasteiger partial charge in [0.2, 0.25) is 12.7 Å². The van der Waals surface area contributed by atoms with Crippen LogP contribution in [-0.4, -0.2) is 55.4 Å². The van der Waals surface area contributed by atoms with Gasteiger partial charge in [-0.3, -0.25) is 14.5 Å². The van der Waals surface area contributed by atoms with Gasteiger partial charge in [0.25, 0.3) is 0 Å². The average Bonchev–Trinajstić information content (AvgIpc) is 3.58. The molecule has 5 rings (SSSR count). The van der Waals surface area contributed by atoms with Crippen molar-refractivity contribution in [3.8, 4) is 17.2 Å². The number of ether oxygens (including phenoxy) is 3. The number of carbonyl (C=O) groups excluding carboxylic acids is 1. The van der Waals surface area contributed by atoms with E-state index in [0.717, 1.165) is 24.0 Å². The normalized spacial score (nSPS) is 19.9. The fourth-order valence-electron chi connectivity index (χ4n) is 5.70. The Bertz CT molecular complexity index is 1360. The van der Waals surface area contributed by atoms with E-state index in [0.29, 0.717) is 41.0 Å². The Morgan fingerprint density at radius 2 is 1.77 bits per heavy atom. The van der Waals surface area contributed by atoms with Gasteiger partial charge in [-0.1, -0.05) is 55.3 Å². The number of hydrogen-bond acceptors (Lipinski definition) is 6. The van der Waals surface area contributed by atoms with Crippen LogP contribution in [0.25, 0.3) is 0 Å². The summed E-state index contributed by atoms with van der Waals surface area (Å²) in [5, 5.41) is 11.0. The Balaban J connectivity index is 1.51. The minimum atomic E-state index is -0.924. The third kappa shape index (κ3) is 5.60. The summed E-state index contributed by atoms with van der Waals surface area (Å²) in [5.41, 5.74) is 2.30. The molecule has 2 heterocycles. The molecule has 3 atom stereocenters. The lowest BCUT2D eigenvalue weighted by atomic mass is 9.82. The van der Waals surface area contributed by atoms with Crippen molar-refractivity contribution >= 4 is 29.2 Å². The second-order valence-electron chi connectivity index (χ2n) is 10.1. The number of anilines is 1. The number of para-hydroxylation sites is 1. The number of hydrogen-bond donors (Lipinski definition) is 1. The van der Waals surface area contributed by atoms with Gasteiger partial charge in [-0.2, -0.15) is 0 Å². The number of fused-ring (bicyclic) bond motifs is 1. The van der Waals surface area contributed by atoms with Crippen LogP contribution in [0, 0.1) is 5.92 Å². The number of likely N-dealkylation sites (tertiary alicyclic amines) is 1. The molecule has 1 amide bonds. The molecular formula is C31H33ClN2O6. The van der Waals surface area contributed by atoms with Gasteiger partial charge in [0.05, 0.1) is 30.3 Å². The Kier molecular flexibility index (Phi) is 8.47. The number of rotatable bonds is 10. The predicted molar refractivity (Wildman–Crippen MR) is 152 cm³/mol. The van der Waals surface area contributed by atoms with Crippen LogP contribution in [-0.2, 0) is 9.59 Å². The lowest BCUT2D eigenvalue weighted by Crippen LogP contribution is -2.41. The second kappa shape index (κ2) is 12.2. The molecule has 8 nitrogen and oxygen atoms in total. The fraction of sp³-hybridized carbons (Fsp3) is 0.355. The molecule has 1 saturated heterocycles. The number of aliphatic carboxylic acids is 1. The molecule has 9 heteroatoms. The van der Waals surface area contributed by atoms with E-state index in [1.165, 1.54) is 0 Å². The van der Waals surface area contributed by atoms with Crippen LogP contribution in [0.2, 0.25) is 5.02 Å². The lowest BCUT2D eigenvalue weighted by Gasteiger charge is -2.30. The summed E-state index contributed by atoms with van der Waals surface area (Å²) in [5.74, 6) is -0.321. The van der Waals surface area contributed by atoms with E-state index in [1.54, 1.807) is 18.1 Å². The van der Waals surface area contributed by atoms with Crippen molar-refractivity contribution in [1.29, 1.82) is 0 Å². The first-order valence-corrected chi connectivity index (χ1v) is 13.8. The molecule has 0 spiro atoms. The summed E-state index contributed by atoms with van der Waals surface area (Å²) >= 11 is 6.51. The Labute approximate surface area is 239 Å². The highest BCUT2D eigenvalue weighted by Gasteiger charge is 2.48. The van der Waals surface area contributed by atoms with Crippen LogP contribution in [0.1, 0.15) is 42.9 Å². The maximum atomic E-state index is 13.9. The number of carboxylic acid groups (broad SMARTS) is 1. The van der Waals surface area contributed by atoms with E-state index in [9.17, 15) is 14.7 Å². The van der Waals surface area contributed by atoms with E-state index in [4.69, 9.17) is 25.8 Å². The summed E-state index contributed by atoms with van der Waals surface area (Å²) in [6, 6.07) is 19.7. The van der Waals surface area contributed by atoms with Gasteiger partial charge in [0.1, 0.15) is 5.75 Å².